The molecule has 0 amide bonds. The number of hydrogen-bond donors (Lipinski definition) is 1. The Morgan fingerprint density at radius 1 is 1.20 bits per heavy atom. The summed E-state index contributed by atoms with van der Waals surface area (Å²) in [5, 5.41) is 9.10. The number of carbonyl (C=O) groups is 2. The largest absolute Gasteiger partial charge is 0.478 e. The summed E-state index contributed by atoms with van der Waals surface area (Å²) < 4.78 is 5.53. The van der Waals surface area contributed by atoms with Gasteiger partial charge in [0.25, 0.3) is 0 Å². The first-order valence-electron chi connectivity index (χ1n) is 6.80. The van der Waals surface area contributed by atoms with Crippen LogP contribution >= 0.6 is 0 Å². The van der Waals surface area contributed by atoms with E-state index in [4.69, 9.17) is 9.84 Å². The van der Waals surface area contributed by atoms with Crippen molar-refractivity contribution in [3.8, 4) is 0 Å². The summed E-state index contributed by atoms with van der Waals surface area (Å²) in [5.41, 5.74) is -0.101. The first-order chi connectivity index (χ1) is 9.27. The van der Waals surface area contributed by atoms with Crippen molar-refractivity contribution in [1.29, 1.82) is 0 Å². The van der Waals surface area contributed by atoms with Gasteiger partial charge in [0.2, 0.25) is 0 Å². The van der Waals surface area contributed by atoms with E-state index in [2.05, 4.69) is 0 Å². The second-order valence-corrected chi connectivity index (χ2v) is 5.90. The number of rotatable bonds is 5. The van der Waals surface area contributed by atoms with Gasteiger partial charge in [-0.25, -0.2) is 9.59 Å². The highest BCUT2D eigenvalue weighted by atomic mass is 16.5. The van der Waals surface area contributed by atoms with Crippen molar-refractivity contribution in [2.45, 2.75) is 46.6 Å². The summed E-state index contributed by atoms with van der Waals surface area (Å²) in [4.78, 5) is 23.3. The Bertz CT molecular complexity index is 485. The van der Waals surface area contributed by atoms with E-state index in [0.717, 1.165) is 12.8 Å². The summed E-state index contributed by atoms with van der Waals surface area (Å²) in [5.74, 6) is -1.70. The molecule has 0 aromatic heterocycles. The molecule has 0 heterocycles. The molecule has 0 aliphatic carbocycles. The van der Waals surface area contributed by atoms with Crippen LogP contribution in [0.4, 0.5) is 0 Å². The minimum Gasteiger partial charge on any atom is -0.478 e. The van der Waals surface area contributed by atoms with Crippen LogP contribution in [0.2, 0.25) is 0 Å². The number of hydrogen-bond acceptors (Lipinski definition) is 3. The summed E-state index contributed by atoms with van der Waals surface area (Å²) in [7, 11) is 0. The zero-order valence-electron chi connectivity index (χ0n) is 12.5. The van der Waals surface area contributed by atoms with Gasteiger partial charge in [0.15, 0.2) is 0 Å². The summed E-state index contributed by atoms with van der Waals surface area (Å²) >= 11 is 0. The minimum atomic E-state index is -1.12. The number of esters is 1. The number of carboxylic acid groups (broad SMARTS) is 1. The minimum absolute atomic E-state index is 0.0262. The molecule has 0 saturated carbocycles. The van der Waals surface area contributed by atoms with Gasteiger partial charge < -0.3 is 9.84 Å². The molecule has 0 aliphatic rings. The lowest BCUT2D eigenvalue weighted by Gasteiger charge is -2.30. The van der Waals surface area contributed by atoms with Crippen LogP contribution in [0.15, 0.2) is 24.3 Å². The summed E-state index contributed by atoms with van der Waals surface area (Å²) in [6, 6.07) is 6.12. The predicted octanol–water partition coefficient (Wildman–Crippen LogP) is 3.76. The van der Waals surface area contributed by atoms with Crippen molar-refractivity contribution in [1.82, 2.24) is 0 Å². The lowest BCUT2D eigenvalue weighted by molar-refractivity contribution is -0.00642. The highest BCUT2D eigenvalue weighted by Crippen LogP contribution is 2.27. The van der Waals surface area contributed by atoms with Crippen molar-refractivity contribution >= 4 is 11.9 Å². The standard InChI is InChI=1S/C16H22O4/c1-5-8-13(16(2,3)4)20-15(19)12-10-7-6-9-11(12)14(17)18/h6-7,9-10,13H,5,8H2,1-4H3,(H,17,18)/t13-/m0/s1. The zero-order valence-corrected chi connectivity index (χ0v) is 12.5. The van der Waals surface area contributed by atoms with Crippen molar-refractivity contribution < 1.29 is 19.4 Å². The van der Waals surface area contributed by atoms with Gasteiger partial charge in [-0.1, -0.05) is 46.2 Å². The Morgan fingerprint density at radius 2 is 1.75 bits per heavy atom. The van der Waals surface area contributed by atoms with E-state index in [1.807, 2.05) is 27.7 Å². The molecule has 0 spiro atoms. The van der Waals surface area contributed by atoms with E-state index < -0.39 is 11.9 Å². The third-order valence-electron chi connectivity index (χ3n) is 3.14. The molecule has 0 bridgehead atoms. The van der Waals surface area contributed by atoms with Gasteiger partial charge >= 0.3 is 11.9 Å². The lowest BCUT2D eigenvalue weighted by atomic mass is 9.86. The third-order valence-corrected chi connectivity index (χ3v) is 3.14. The molecule has 20 heavy (non-hydrogen) atoms. The van der Waals surface area contributed by atoms with Crippen LogP contribution in [0, 0.1) is 5.41 Å². The molecular weight excluding hydrogens is 256 g/mol. The molecule has 0 unspecified atom stereocenters. The number of carbonyl (C=O) groups excluding carboxylic acids is 1. The highest BCUT2D eigenvalue weighted by Gasteiger charge is 2.29. The highest BCUT2D eigenvalue weighted by molar-refractivity contribution is 6.02. The molecule has 0 saturated heterocycles. The van der Waals surface area contributed by atoms with Crippen LogP contribution in [-0.2, 0) is 4.74 Å². The normalized spacial score (nSPS) is 12.8. The molecule has 1 aromatic carbocycles. The van der Waals surface area contributed by atoms with Gasteiger partial charge in [-0.15, -0.1) is 0 Å². The van der Waals surface area contributed by atoms with E-state index in [1.54, 1.807) is 12.1 Å². The average molecular weight is 278 g/mol. The van der Waals surface area contributed by atoms with Gasteiger partial charge in [0, 0.05) is 0 Å². The molecule has 4 heteroatoms. The van der Waals surface area contributed by atoms with Gasteiger partial charge in [0.1, 0.15) is 6.10 Å². The van der Waals surface area contributed by atoms with Crippen LogP contribution < -0.4 is 0 Å². The lowest BCUT2D eigenvalue weighted by Crippen LogP contribution is -2.32. The van der Waals surface area contributed by atoms with E-state index in [0.29, 0.717) is 0 Å². The first-order valence-corrected chi connectivity index (χ1v) is 6.80. The number of aromatic carboxylic acids is 1. The number of benzene rings is 1. The molecule has 1 aromatic rings. The number of ether oxygens (including phenoxy) is 1. The van der Waals surface area contributed by atoms with Crippen LogP contribution in [0.25, 0.3) is 0 Å². The van der Waals surface area contributed by atoms with Gasteiger partial charge in [-0.05, 0) is 24.0 Å². The zero-order chi connectivity index (χ0) is 15.3. The Morgan fingerprint density at radius 3 is 2.20 bits per heavy atom. The molecule has 1 atom stereocenters. The second kappa shape index (κ2) is 6.55. The fourth-order valence-electron chi connectivity index (χ4n) is 1.97. The Hall–Kier alpha value is -1.84. The fourth-order valence-corrected chi connectivity index (χ4v) is 1.97. The van der Waals surface area contributed by atoms with Crippen molar-refractivity contribution in [3.05, 3.63) is 35.4 Å². The van der Waals surface area contributed by atoms with Gasteiger partial charge in [-0.3, -0.25) is 0 Å². The van der Waals surface area contributed by atoms with Crippen LogP contribution in [0.1, 0.15) is 61.3 Å². The molecule has 0 fully saturated rings. The Balaban J connectivity index is 2.98. The van der Waals surface area contributed by atoms with E-state index >= 15 is 0 Å². The second-order valence-electron chi connectivity index (χ2n) is 5.90. The first kappa shape index (κ1) is 16.2. The summed E-state index contributed by atoms with van der Waals surface area (Å²) in [6.07, 6.45) is 1.42. The molecular formula is C16H22O4. The molecule has 1 N–H and O–H groups in total. The maximum absolute atomic E-state index is 12.2. The van der Waals surface area contributed by atoms with E-state index in [-0.39, 0.29) is 22.6 Å². The topological polar surface area (TPSA) is 63.6 Å². The average Bonchev–Trinajstić information content (AvgIpc) is 2.37. The molecule has 4 nitrogen and oxygen atoms in total. The predicted molar refractivity (Wildman–Crippen MR) is 77.0 cm³/mol. The van der Waals surface area contributed by atoms with Crippen molar-refractivity contribution in [2.24, 2.45) is 5.41 Å². The van der Waals surface area contributed by atoms with Crippen LogP contribution in [0.3, 0.4) is 0 Å². The maximum Gasteiger partial charge on any atom is 0.339 e. The third kappa shape index (κ3) is 4.08. The van der Waals surface area contributed by atoms with E-state index in [9.17, 15) is 9.59 Å². The van der Waals surface area contributed by atoms with Crippen LogP contribution in [0.5, 0.6) is 0 Å². The SMILES string of the molecule is CCC[C@H](OC(=O)c1ccccc1C(=O)O)C(C)(C)C. The quantitative estimate of drug-likeness (QED) is 0.833. The Kier molecular flexibility index (Phi) is 5.31. The monoisotopic (exact) mass is 278 g/mol. The smallest absolute Gasteiger partial charge is 0.339 e. The van der Waals surface area contributed by atoms with Crippen LogP contribution in [-0.4, -0.2) is 23.1 Å². The van der Waals surface area contributed by atoms with Gasteiger partial charge in [0.05, 0.1) is 11.1 Å². The summed E-state index contributed by atoms with van der Waals surface area (Å²) in [6.45, 7) is 8.04. The van der Waals surface area contributed by atoms with Crippen molar-refractivity contribution in [2.75, 3.05) is 0 Å². The van der Waals surface area contributed by atoms with Crippen molar-refractivity contribution in [3.63, 3.8) is 0 Å². The molecule has 0 aliphatic heterocycles. The molecule has 1 rings (SSSR count). The number of carboxylic acids is 1. The fraction of sp³-hybridized carbons (Fsp3) is 0.500. The van der Waals surface area contributed by atoms with E-state index in [1.165, 1.54) is 12.1 Å². The molecule has 110 valence electrons. The Labute approximate surface area is 119 Å². The maximum atomic E-state index is 12.2. The molecule has 0 radical (unpaired) electrons. The van der Waals surface area contributed by atoms with Gasteiger partial charge in [-0.2, -0.15) is 0 Å².